The number of nitrogens with one attached hydrogen (secondary N) is 1. The van der Waals surface area contributed by atoms with Gasteiger partial charge in [0.15, 0.2) is 6.04 Å². The molecule has 3 rings (SSSR count). The van der Waals surface area contributed by atoms with Crippen LogP contribution in [0.3, 0.4) is 0 Å². The molecule has 3 N–H and O–H groups in total. The molecule has 208 valence electrons. The number of carbonyl (C=O) groups excluding carboxylic acids is 4. The number of ether oxygens (including phenoxy) is 1. The van der Waals surface area contributed by atoms with E-state index in [0.29, 0.717) is 22.6 Å². The molecule has 0 fully saturated rings. The van der Waals surface area contributed by atoms with Crippen molar-refractivity contribution in [2.45, 2.75) is 31.1 Å². The summed E-state index contributed by atoms with van der Waals surface area (Å²) in [6.07, 6.45) is 2.06. The fourth-order valence-corrected chi connectivity index (χ4v) is 5.05. The molecule has 2 unspecified atom stereocenters. The van der Waals surface area contributed by atoms with Crippen molar-refractivity contribution in [3.8, 4) is 0 Å². The molecule has 39 heavy (non-hydrogen) atoms. The van der Waals surface area contributed by atoms with Crippen molar-refractivity contribution >= 4 is 59.4 Å². The zero-order valence-corrected chi connectivity index (χ0v) is 24.0. The summed E-state index contributed by atoms with van der Waals surface area (Å²) in [6, 6.07) is 13.6. The second-order valence-electron chi connectivity index (χ2n) is 8.76. The number of para-hydroxylation sites is 1. The highest BCUT2D eigenvalue weighted by Crippen LogP contribution is 2.35. The number of nitrogens with two attached hydrogens (primary N) is 1. The van der Waals surface area contributed by atoms with Gasteiger partial charge in [-0.3, -0.25) is 19.7 Å². The van der Waals surface area contributed by atoms with Crippen LogP contribution in [0, 0.1) is 0 Å². The van der Waals surface area contributed by atoms with Crippen molar-refractivity contribution in [3.05, 3.63) is 65.7 Å². The minimum atomic E-state index is -2.24. The standard InChI is InChI=1S/C27H33N5O5S2/c1-17(33)31(22(14-15-39-4)25(35)37-3)32-21-13-9-8-12-19(21)23(18-10-6-5-7-11-18)30-27(29-2,26(32)36)24(34)20(28)16-38/h5-13,20,22,29,38H,14-16,28H2,1-4H3/t20?,22-,27?/m0/s1. The summed E-state index contributed by atoms with van der Waals surface area (Å²) in [7, 11) is 2.64. The maximum Gasteiger partial charge on any atom is 0.330 e. The molecule has 12 heteroatoms. The summed E-state index contributed by atoms with van der Waals surface area (Å²) in [6.45, 7) is 1.25. The highest BCUT2D eigenvalue weighted by Gasteiger charge is 2.54. The first-order valence-corrected chi connectivity index (χ1v) is 14.3. The van der Waals surface area contributed by atoms with Crippen molar-refractivity contribution in [2.24, 2.45) is 10.7 Å². The van der Waals surface area contributed by atoms with E-state index in [-0.39, 0.29) is 17.9 Å². The number of rotatable bonds is 11. The van der Waals surface area contributed by atoms with Crippen LogP contribution in [-0.4, -0.2) is 84.0 Å². The van der Waals surface area contributed by atoms with Crippen LogP contribution in [0.25, 0.3) is 0 Å². The Balaban J connectivity index is 2.43. The number of hydrogen-bond donors (Lipinski definition) is 3. The summed E-state index contributed by atoms with van der Waals surface area (Å²) >= 11 is 5.65. The van der Waals surface area contributed by atoms with E-state index in [0.717, 1.165) is 10.0 Å². The molecule has 0 radical (unpaired) electrons. The van der Waals surface area contributed by atoms with E-state index in [4.69, 9.17) is 15.5 Å². The van der Waals surface area contributed by atoms with E-state index >= 15 is 0 Å². The average Bonchev–Trinajstić information content (AvgIpc) is 3.07. The van der Waals surface area contributed by atoms with Crippen LogP contribution >= 0.6 is 24.4 Å². The van der Waals surface area contributed by atoms with Gasteiger partial charge in [0, 0.05) is 23.8 Å². The van der Waals surface area contributed by atoms with Gasteiger partial charge >= 0.3 is 5.97 Å². The van der Waals surface area contributed by atoms with Crippen molar-refractivity contribution in [1.29, 1.82) is 0 Å². The summed E-state index contributed by atoms with van der Waals surface area (Å²) in [5.41, 5.74) is 5.59. The number of nitrogens with zero attached hydrogens (tertiary/aromatic N) is 3. The third-order valence-corrected chi connectivity index (χ3v) is 7.41. The van der Waals surface area contributed by atoms with E-state index in [1.54, 1.807) is 36.4 Å². The molecule has 0 spiro atoms. The van der Waals surface area contributed by atoms with E-state index in [1.807, 2.05) is 24.5 Å². The minimum Gasteiger partial charge on any atom is -0.467 e. The first-order chi connectivity index (χ1) is 18.7. The SMILES string of the molecule is CNC1(C(=O)C(N)CS)N=C(c2ccccc2)c2ccccc2N(N(C(C)=O)[C@@H](CCSC)C(=O)OC)C1=O. The largest absolute Gasteiger partial charge is 0.467 e. The van der Waals surface area contributed by atoms with Crippen LogP contribution in [0.15, 0.2) is 59.6 Å². The number of esters is 1. The molecular formula is C27H33N5O5S2. The number of ketones is 1. The second-order valence-corrected chi connectivity index (χ2v) is 10.1. The first kappa shape index (κ1) is 30.4. The lowest BCUT2D eigenvalue weighted by Crippen LogP contribution is -2.69. The maximum atomic E-state index is 14.6. The summed E-state index contributed by atoms with van der Waals surface area (Å²) in [4.78, 5) is 59.5. The number of aliphatic imine (C=N–C) groups is 1. The van der Waals surface area contributed by atoms with E-state index in [1.165, 1.54) is 32.8 Å². The Morgan fingerprint density at radius 2 is 1.82 bits per heavy atom. The monoisotopic (exact) mass is 571 g/mol. The molecule has 1 aliphatic heterocycles. The highest BCUT2D eigenvalue weighted by atomic mass is 32.2. The fourth-order valence-electron chi connectivity index (χ4n) is 4.43. The Morgan fingerprint density at radius 1 is 1.18 bits per heavy atom. The first-order valence-electron chi connectivity index (χ1n) is 12.2. The molecule has 1 aliphatic rings. The van der Waals surface area contributed by atoms with E-state index in [9.17, 15) is 19.2 Å². The molecule has 2 aromatic carbocycles. The van der Waals surface area contributed by atoms with Gasteiger partial charge in [-0.05, 0) is 31.5 Å². The topological polar surface area (TPSA) is 134 Å². The Bertz CT molecular complexity index is 1260. The summed E-state index contributed by atoms with van der Waals surface area (Å²) < 4.78 is 5.04. The Kier molecular flexibility index (Phi) is 10.3. The van der Waals surface area contributed by atoms with Crippen LogP contribution in [0.1, 0.15) is 24.5 Å². The van der Waals surface area contributed by atoms with Gasteiger partial charge in [0.05, 0.1) is 24.6 Å². The lowest BCUT2D eigenvalue weighted by Gasteiger charge is -2.41. The van der Waals surface area contributed by atoms with Crippen LogP contribution in [0.2, 0.25) is 0 Å². The second kappa shape index (κ2) is 13.2. The van der Waals surface area contributed by atoms with E-state index in [2.05, 4.69) is 17.9 Å². The van der Waals surface area contributed by atoms with E-state index < -0.39 is 41.3 Å². The molecule has 0 bridgehead atoms. The van der Waals surface area contributed by atoms with Crippen molar-refractivity contribution in [3.63, 3.8) is 0 Å². The van der Waals surface area contributed by atoms with Gasteiger partial charge in [0.2, 0.25) is 11.7 Å². The van der Waals surface area contributed by atoms with Crippen LogP contribution in [0.5, 0.6) is 0 Å². The number of methoxy groups -OCH3 is 1. The van der Waals surface area contributed by atoms with Crippen molar-refractivity contribution < 1.29 is 23.9 Å². The molecule has 10 nitrogen and oxygen atoms in total. The number of likely N-dealkylation sites (N-methyl/N-ethyl adjacent to an activating group) is 1. The highest BCUT2D eigenvalue weighted by molar-refractivity contribution is 7.98. The third kappa shape index (κ3) is 5.88. The number of benzene rings is 2. The van der Waals surface area contributed by atoms with Gasteiger partial charge in [0.25, 0.3) is 11.6 Å². The predicted molar refractivity (Wildman–Crippen MR) is 156 cm³/mol. The average molecular weight is 572 g/mol. The molecule has 3 atom stereocenters. The lowest BCUT2D eigenvalue weighted by atomic mass is 9.97. The number of fused-ring (bicyclic) bond motifs is 1. The van der Waals surface area contributed by atoms with Gasteiger partial charge in [-0.2, -0.15) is 24.4 Å². The quantitative estimate of drug-likeness (QED) is 0.211. The molecule has 0 saturated heterocycles. The molecule has 1 heterocycles. The van der Waals surface area contributed by atoms with Crippen LogP contribution < -0.4 is 16.1 Å². The molecule has 0 aliphatic carbocycles. The maximum absolute atomic E-state index is 14.6. The smallest absolute Gasteiger partial charge is 0.330 e. The van der Waals surface area contributed by atoms with Gasteiger partial charge in [-0.1, -0.05) is 48.5 Å². The number of thiol groups is 1. The Labute approximate surface area is 237 Å². The molecule has 0 saturated carbocycles. The number of Topliss-reactive ketones (excluding diaryl/α,β-unsaturated/α-hetero) is 1. The summed E-state index contributed by atoms with van der Waals surface area (Å²) in [5.74, 6) is -2.48. The number of thioether (sulfide) groups is 1. The fraction of sp³-hybridized carbons (Fsp3) is 0.370. The molecule has 2 aromatic rings. The van der Waals surface area contributed by atoms with Gasteiger partial charge in [-0.25, -0.2) is 19.8 Å². The Morgan fingerprint density at radius 3 is 2.38 bits per heavy atom. The molecular weight excluding hydrogens is 538 g/mol. The number of amides is 2. The Hall–Kier alpha value is -3.19. The zero-order chi connectivity index (χ0) is 28.7. The lowest BCUT2D eigenvalue weighted by molar-refractivity contribution is -0.155. The van der Waals surface area contributed by atoms with Crippen molar-refractivity contribution in [1.82, 2.24) is 10.3 Å². The number of hydrazine groups is 1. The minimum absolute atomic E-state index is 0.0480. The predicted octanol–water partition coefficient (Wildman–Crippen LogP) is 1.67. The molecule has 0 aromatic heterocycles. The number of hydrogen-bond acceptors (Lipinski definition) is 10. The van der Waals surface area contributed by atoms with Gasteiger partial charge in [-0.15, -0.1) is 0 Å². The zero-order valence-electron chi connectivity index (χ0n) is 22.3. The van der Waals surface area contributed by atoms with Gasteiger partial charge in [0.1, 0.15) is 0 Å². The third-order valence-electron chi connectivity index (χ3n) is 6.37. The van der Waals surface area contributed by atoms with Gasteiger partial charge < -0.3 is 10.5 Å². The number of anilines is 1. The summed E-state index contributed by atoms with van der Waals surface area (Å²) in [5, 5.41) is 4.93. The van der Waals surface area contributed by atoms with Crippen LogP contribution in [0.4, 0.5) is 5.69 Å². The normalized spacial score (nSPS) is 18.4. The van der Waals surface area contributed by atoms with Crippen molar-refractivity contribution in [2.75, 3.05) is 36.9 Å². The number of carbonyl (C=O) groups is 4. The molecule has 2 amide bonds. The number of benzodiazepines with no additional fused rings is 1. The van der Waals surface area contributed by atoms with Crippen LogP contribution in [-0.2, 0) is 23.9 Å².